The van der Waals surface area contributed by atoms with Gasteiger partial charge >= 0.3 is 0 Å². The largest absolute Gasteiger partial charge is 0.378 e. The molecule has 1 amide bonds. The number of morpholine rings is 1. The lowest BCUT2D eigenvalue weighted by atomic mass is 9.86. The fourth-order valence-electron chi connectivity index (χ4n) is 3.57. The predicted octanol–water partition coefficient (Wildman–Crippen LogP) is 1.92. The number of amides is 1. The molecule has 140 valence electrons. The van der Waals surface area contributed by atoms with Gasteiger partial charge in [-0.1, -0.05) is 31.5 Å². The SMILES string of the molecule is CCn1c(SCC(=O)N[C@H]2CCCC[C@@H]2C)nnc1N1CCOCC1. The maximum atomic E-state index is 12.3. The average Bonchev–Trinajstić information content (AvgIpc) is 3.05. The minimum Gasteiger partial charge on any atom is -0.378 e. The molecule has 1 aliphatic carbocycles. The summed E-state index contributed by atoms with van der Waals surface area (Å²) in [6, 6.07) is 0.329. The number of thioether (sulfide) groups is 1. The average molecular weight is 368 g/mol. The van der Waals surface area contributed by atoms with Crippen molar-refractivity contribution < 1.29 is 9.53 Å². The van der Waals surface area contributed by atoms with Crippen LogP contribution >= 0.6 is 11.8 Å². The standard InChI is InChI=1S/C17H29N5O2S/c1-3-22-16(21-8-10-24-11-9-21)19-20-17(22)25-12-15(23)18-14-7-5-4-6-13(14)2/h13-14H,3-12H2,1-2H3,(H,18,23)/t13-,14-/m0/s1. The fourth-order valence-corrected chi connectivity index (χ4v) is 4.38. The van der Waals surface area contributed by atoms with Crippen LogP contribution in [0.5, 0.6) is 0 Å². The van der Waals surface area contributed by atoms with E-state index in [4.69, 9.17) is 4.74 Å². The summed E-state index contributed by atoms with van der Waals surface area (Å²) in [5.41, 5.74) is 0. The summed E-state index contributed by atoms with van der Waals surface area (Å²) < 4.78 is 7.49. The lowest BCUT2D eigenvalue weighted by molar-refractivity contribution is -0.119. The number of anilines is 1. The summed E-state index contributed by atoms with van der Waals surface area (Å²) in [5, 5.41) is 12.7. The van der Waals surface area contributed by atoms with Crippen molar-refractivity contribution in [3.63, 3.8) is 0 Å². The Hall–Kier alpha value is -1.28. The highest BCUT2D eigenvalue weighted by molar-refractivity contribution is 7.99. The van der Waals surface area contributed by atoms with Crippen LogP contribution in [-0.2, 0) is 16.1 Å². The summed E-state index contributed by atoms with van der Waals surface area (Å²) in [6.07, 6.45) is 4.82. The second-order valence-corrected chi connectivity index (χ2v) is 7.79. The van der Waals surface area contributed by atoms with E-state index < -0.39 is 0 Å². The van der Waals surface area contributed by atoms with E-state index in [1.54, 1.807) is 0 Å². The highest BCUT2D eigenvalue weighted by Gasteiger charge is 2.24. The molecule has 2 atom stereocenters. The first kappa shape index (κ1) is 18.5. The quantitative estimate of drug-likeness (QED) is 0.775. The zero-order valence-electron chi connectivity index (χ0n) is 15.2. The number of hydrogen-bond donors (Lipinski definition) is 1. The first-order valence-corrected chi connectivity index (χ1v) is 10.4. The van der Waals surface area contributed by atoms with Crippen LogP contribution in [0, 0.1) is 5.92 Å². The summed E-state index contributed by atoms with van der Waals surface area (Å²) in [5.74, 6) is 1.96. The third-order valence-corrected chi connectivity index (χ3v) is 6.06. The Balaban J connectivity index is 1.55. The van der Waals surface area contributed by atoms with E-state index in [9.17, 15) is 4.79 Å². The number of rotatable bonds is 6. The van der Waals surface area contributed by atoms with E-state index in [1.807, 2.05) is 0 Å². The topological polar surface area (TPSA) is 72.3 Å². The summed E-state index contributed by atoms with van der Waals surface area (Å²) in [4.78, 5) is 14.5. The lowest BCUT2D eigenvalue weighted by Gasteiger charge is -2.29. The zero-order chi connectivity index (χ0) is 17.6. The van der Waals surface area contributed by atoms with Crippen LogP contribution in [-0.4, -0.2) is 58.8 Å². The molecule has 0 unspecified atom stereocenters. The smallest absolute Gasteiger partial charge is 0.230 e. The molecule has 1 saturated heterocycles. The van der Waals surface area contributed by atoms with Crippen molar-refractivity contribution in [3.05, 3.63) is 0 Å². The molecule has 1 saturated carbocycles. The van der Waals surface area contributed by atoms with Crippen LogP contribution in [0.4, 0.5) is 5.95 Å². The number of carbonyl (C=O) groups excluding carboxylic acids is 1. The molecule has 1 aliphatic heterocycles. The van der Waals surface area contributed by atoms with Crippen LogP contribution < -0.4 is 10.2 Å². The summed E-state index contributed by atoms with van der Waals surface area (Å²) in [6.45, 7) is 8.23. The second-order valence-electron chi connectivity index (χ2n) is 6.85. The second kappa shape index (κ2) is 8.89. The molecular formula is C17H29N5O2S. The minimum absolute atomic E-state index is 0.0994. The molecule has 1 N–H and O–H groups in total. The first-order chi connectivity index (χ1) is 12.2. The summed E-state index contributed by atoms with van der Waals surface area (Å²) >= 11 is 1.47. The third-order valence-electron chi connectivity index (χ3n) is 5.10. The van der Waals surface area contributed by atoms with Crippen molar-refractivity contribution in [1.29, 1.82) is 0 Å². The fraction of sp³-hybridized carbons (Fsp3) is 0.824. The van der Waals surface area contributed by atoms with E-state index >= 15 is 0 Å². The Kier molecular flexibility index (Phi) is 6.58. The van der Waals surface area contributed by atoms with E-state index in [0.29, 0.717) is 17.7 Å². The molecule has 0 spiro atoms. The highest BCUT2D eigenvalue weighted by Crippen LogP contribution is 2.25. The Morgan fingerprint density at radius 1 is 1.28 bits per heavy atom. The van der Waals surface area contributed by atoms with E-state index in [2.05, 4.69) is 38.8 Å². The third kappa shape index (κ3) is 4.67. The molecule has 1 aromatic rings. The molecule has 0 bridgehead atoms. The molecule has 2 aliphatic rings. The van der Waals surface area contributed by atoms with Crippen LogP contribution in [0.3, 0.4) is 0 Å². The number of nitrogens with one attached hydrogen (secondary N) is 1. The van der Waals surface area contributed by atoms with Crippen molar-refractivity contribution in [2.24, 2.45) is 5.92 Å². The lowest BCUT2D eigenvalue weighted by Crippen LogP contribution is -2.41. The first-order valence-electron chi connectivity index (χ1n) is 9.37. The van der Waals surface area contributed by atoms with Crippen molar-refractivity contribution >= 4 is 23.6 Å². The van der Waals surface area contributed by atoms with Gasteiger partial charge in [0.1, 0.15) is 0 Å². The minimum atomic E-state index is 0.0994. The zero-order valence-corrected chi connectivity index (χ0v) is 16.1. The number of carbonyl (C=O) groups is 1. The number of hydrogen-bond acceptors (Lipinski definition) is 6. The van der Waals surface area contributed by atoms with Crippen LogP contribution in [0.15, 0.2) is 5.16 Å². The Morgan fingerprint density at radius 3 is 2.76 bits per heavy atom. The van der Waals surface area contributed by atoms with Gasteiger partial charge in [0, 0.05) is 25.7 Å². The molecule has 2 fully saturated rings. The van der Waals surface area contributed by atoms with Gasteiger partial charge in [-0.2, -0.15) is 0 Å². The molecule has 25 heavy (non-hydrogen) atoms. The molecule has 7 nitrogen and oxygen atoms in total. The number of nitrogens with zero attached hydrogens (tertiary/aromatic N) is 4. The van der Waals surface area contributed by atoms with Gasteiger partial charge in [0.25, 0.3) is 0 Å². The van der Waals surface area contributed by atoms with Crippen LogP contribution in [0.1, 0.15) is 39.5 Å². The van der Waals surface area contributed by atoms with Crippen LogP contribution in [0.2, 0.25) is 0 Å². The van der Waals surface area contributed by atoms with Gasteiger partial charge in [-0.15, -0.1) is 10.2 Å². The van der Waals surface area contributed by atoms with Crippen molar-refractivity contribution in [1.82, 2.24) is 20.1 Å². The molecular weight excluding hydrogens is 338 g/mol. The highest BCUT2D eigenvalue weighted by atomic mass is 32.2. The molecule has 2 heterocycles. The van der Waals surface area contributed by atoms with Crippen molar-refractivity contribution in [2.75, 3.05) is 37.0 Å². The molecule has 1 aromatic heterocycles. The van der Waals surface area contributed by atoms with Crippen molar-refractivity contribution in [3.8, 4) is 0 Å². The summed E-state index contributed by atoms with van der Waals surface area (Å²) in [7, 11) is 0. The monoisotopic (exact) mass is 367 g/mol. The Morgan fingerprint density at radius 2 is 2.04 bits per heavy atom. The Bertz CT molecular complexity index is 573. The molecule has 0 radical (unpaired) electrons. The molecule has 0 aromatic carbocycles. The van der Waals surface area contributed by atoms with Gasteiger partial charge in [-0.05, 0) is 25.7 Å². The number of aromatic nitrogens is 3. The van der Waals surface area contributed by atoms with Crippen molar-refractivity contribution in [2.45, 2.75) is 57.3 Å². The number of ether oxygens (including phenoxy) is 1. The van der Waals surface area contributed by atoms with E-state index in [-0.39, 0.29) is 5.91 Å². The van der Waals surface area contributed by atoms with Crippen LogP contribution in [0.25, 0.3) is 0 Å². The maximum absolute atomic E-state index is 12.3. The van der Waals surface area contributed by atoms with Gasteiger partial charge in [-0.25, -0.2) is 0 Å². The van der Waals surface area contributed by atoms with Gasteiger partial charge < -0.3 is 15.0 Å². The van der Waals surface area contributed by atoms with Gasteiger partial charge in [0.15, 0.2) is 5.16 Å². The normalized spacial score (nSPS) is 24.3. The maximum Gasteiger partial charge on any atom is 0.230 e. The van der Waals surface area contributed by atoms with E-state index in [0.717, 1.165) is 50.4 Å². The Labute approximate surface area is 153 Å². The van der Waals surface area contributed by atoms with Gasteiger partial charge in [-0.3, -0.25) is 9.36 Å². The van der Waals surface area contributed by atoms with Gasteiger partial charge in [0.05, 0.1) is 19.0 Å². The van der Waals surface area contributed by atoms with Gasteiger partial charge in [0.2, 0.25) is 11.9 Å². The molecule has 3 rings (SSSR count). The van der Waals surface area contributed by atoms with E-state index in [1.165, 1.54) is 31.0 Å². The predicted molar refractivity (Wildman–Crippen MR) is 99.0 cm³/mol. The molecule has 8 heteroatoms.